The van der Waals surface area contributed by atoms with Gasteiger partial charge < -0.3 is 14.1 Å². The fourth-order valence-electron chi connectivity index (χ4n) is 3.82. The number of rotatable bonds is 7. The van der Waals surface area contributed by atoms with Gasteiger partial charge in [-0.25, -0.2) is 4.39 Å². The molecule has 0 saturated heterocycles. The van der Waals surface area contributed by atoms with Crippen molar-refractivity contribution in [1.29, 1.82) is 5.26 Å². The zero-order valence-electron chi connectivity index (χ0n) is 19.2. The Bertz CT molecular complexity index is 1360. The summed E-state index contributed by atoms with van der Waals surface area (Å²) in [5.41, 5.74) is 6.84. The highest BCUT2D eigenvalue weighted by Crippen LogP contribution is 2.31. The van der Waals surface area contributed by atoms with Gasteiger partial charge in [0.25, 0.3) is 0 Å². The number of aromatic nitrogens is 1. The molecule has 0 saturated carbocycles. The van der Waals surface area contributed by atoms with Crippen molar-refractivity contribution < 1.29 is 14.0 Å². The van der Waals surface area contributed by atoms with Crippen LogP contribution in [-0.4, -0.2) is 17.4 Å². The molecule has 6 heteroatoms. The zero-order valence-corrected chi connectivity index (χ0v) is 19.2. The molecule has 1 aromatic heterocycles. The third kappa shape index (κ3) is 4.84. The molecule has 0 aliphatic heterocycles. The van der Waals surface area contributed by atoms with E-state index in [1.165, 1.54) is 12.1 Å². The van der Waals surface area contributed by atoms with Crippen molar-refractivity contribution in [2.75, 3.05) is 7.11 Å². The highest BCUT2D eigenvalue weighted by atomic mass is 19.1. The number of hydrogen-bond acceptors (Lipinski definition) is 4. The lowest BCUT2D eigenvalue weighted by Gasteiger charge is -2.13. The van der Waals surface area contributed by atoms with E-state index in [1.54, 1.807) is 31.4 Å². The fourth-order valence-corrected chi connectivity index (χ4v) is 3.82. The normalized spacial score (nSPS) is 11.2. The van der Waals surface area contributed by atoms with Crippen molar-refractivity contribution in [2.45, 2.75) is 20.5 Å². The van der Waals surface area contributed by atoms with Crippen molar-refractivity contribution in [3.8, 4) is 28.8 Å². The maximum absolute atomic E-state index is 13.6. The Morgan fingerprint density at radius 1 is 1.03 bits per heavy atom. The summed E-state index contributed by atoms with van der Waals surface area (Å²) in [7, 11) is 1.63. The first kappa shape index (κ1) is 22.8. The molecular formula is C28H24FN3O2. The summed E-state index contributed by atoms with van der Waals surface area (Å²) >= 11 is 0. The summed E-state index contributed by atoms with van der Waals surface area (Å²) in [5.74, 6) is 0.461. The Hall–Kier alpha value is -4.37. The van der Waals surface area contributed by atoms with Crippen LogP contribution in [0.2, 0.25) is 0 Å². The second kappa shape index (κ2) is 10.1. The molecule has 0 radical (unpaired) electrons. The standard InChI is InChI=1S/C28H24FN3O2/c1-19(31-34-18-22-9-7-21(17-30)8-10-22)27-16-28(23-11-13-24(29)14-12-23)32(20(27)2)25-5-4-6-26(15-25)33-3/h4-16H,18H2,1-3H3/b31-19-. The van der Waals surface area contributed by atoms with Crippen molar-refractivity contribution >= 4 is 5.71 Å². The van der Waals surface area contributed by atoms with Crippen LogP contribution in [0.4, 0.5) is 4.39 Å². The second-order valence-electron chi connectivity index (χ2n) is 7.83. The minimum atomic E-state index is -0.283. The molecule has 4 rings (SSSR count). The quantitative estimate of drug-likeness (QED) is 0.240. The molecule has 0 N–H and O–H groups in total. The molecule has 0 amide bonds. The number of halogens is 1. The molecule has 0 atom stereocenters. The van der Waals surface area contributed by atoms with Crippen LogP contribution in [-0.2, 0) is 11.4 Å². The fraction of sp³-hybridized carbons (Fsp3) is 0.143. The predicted molar refractivity (Wildman–Crippen MR) is 131 cm³/mol. The number of methoxy groups -OCH3 is 1. The lowest BCUT2D eigenvalue weighted by Crippen LogP contribution is -2.03. The van der Waals surface area contributed by atoms with Crippen LogP contribution in [0, 0.1) is 24.1 Å². The van der Waals surface area contributed by atoms with Crippen molar-refractivity contribution in [1.82, 2.24) is 4.57 Å². The number of oxime groups is 1. The van der Waals surface area contributed by atoms with Gasteiger partial charge in [0.05, 0.1) is 30.1 Å². The molecule has 0 fully saturated rings. The molecule has 4 aromatic rings. The van der Waals surface area contributed by atoms with Gasteiger partial charge in [0.2, 0.25) is 0 Å². The number of hydrogen-bond donors (Lipinski definition) is 0. The smallest absolute Gasteiger partial charge is 0.142 e. The molecule has 3 aromatic carbocycles. The first-order chi connectivity index (χ1) is 16.5. The highest BCUT2D eigenvalue weighted by molar-refractivity contribution is 6.01. The highest BCUT2D eigenvalue weighted by Gasteiger charge is 2.17. The average molecular weight is 454 g/mol. The third-order valence-corrected chi connectivity index (χ3v) is 5.60. The molecule has 1 heterocycles. The first-order valence-electron chi connectivity index (χ1n) is 10.8. The molecule has 0 unspecified atom stereocenters. The minimum Gasteiger partial charge on any atom is -0.497 e. The van der Waals surface area contributed by atoms with E-state index in [2.05, 4.69) is 15.8 Å². The lowest BCUT2D eigenvalue weighted by atomic mass is 10.1. The van der Waals surface area contributed by atoms with E-state index in [1.807, 2.05) is 56.3 Å². The number of nitriles is 1. The summed E-state index contributed by atoms with van der Waals surface area (Å²) < 4.78 is 21.1. The van der Waals surface area contributed by atoms with Gasteiger partial charge in [0.1, 0.15) is 18.2 Å². The molecule has 170 valence electrons. The zero-order chi connectivity index (χ0) is 24.1. The van der Waals surface area contributed by atoms with Gasteiger partial charge in [-0.15, -0.1) is 0 Å². The van der Waals surface area contributed by atoms with Gasteiger partial charge in [0, 0.05) is 23.0 Å². The maximum Gasteiger partial charge on any atom is 0.142 e. The number of benzene rings is 3. The topological polar surface area (TPSA) is 59.5 Å². The Morgan fingerprint density at radius 2 is 1.76 bits per heavy atom. The maximum atomic E-state index is 13.6. The van der Waals surface area contributed by atoms with Crippen molar-refractivity contribution in [3.63, 3.8) is 0 Å². The molecule has 0 spiro atoms. The SMILES string of the molecule is COc1cccc(-n2c(-c3ccc(F)cc3)cc(/C(C)=N\OCc3ccc(C#N)cc3)c2C)c1. The van der Waals surface area contributed by atoms with Gasteiger partial charge in [-0.2, -0.15) is 5.26 Å². The summed E-state index contributed by atoms with van der Waals surface area (Å²) in [6, 6.07) is 25.6. The largest absolute Gasteiger partial charge is 0.497 e. The second-order valence-corrected chi connectivity index (χ2v) is 7.83. The monoisotopic (exact) mass is 453 g/mol. The van der Waals surface area contributed by atoms with Crippen molar-refractivity contribution in [2.24, 2.45) is 5.16 Å². The Morgan fingerprint density at radius 3 is 2.44 bits per heavy atom. The van der Waals surface area contributed by atoms with Gasteiger partial charge in [0.15, 0.2) is 0 Å². The Balaban J connectivity index is 1.70. The average Bonchev–Trinajstić information content (AvgIpc) is 3.22. The van der Waals surface area contributed by atoms with Gasteiger partial charge in [-0.05, 0) is 79.6 Å². The minimum absolute atomic E-state index is 0.283. The molecule has 0 aliphatic carbocycles. The molecular weight excluding hydrogens is 429 g/mol. The van der Waals surface area contributed by atoms with E-state index in [0.717, 1.165) is 45.2 Å². The van der Waals surface area contributed by atoms with E-state index in [9.17, 15) is 4.39 Å². The van der Waals surface area contributed by atoms with Crippen LogP contribution in [0.5, 0.6) is 5.75 Å². The third-order valence-electron chi connectivity index (χ3n) is 5.60. The first-order valence-corrected chi connectivity index (χ1v) is 10.8. The number of nitrogens with zero attached hydrogens (tertiary/aromatic N) is 3. The number of ether oxygens (including phenoxy) is 1. The summed E-state index contributed by atoms with van der Waals surface area (Å²) in [4.78, 5) is 5.60. The van der Waals surface area contributed by atoms with Gasteiger partial charge >= 0.3 is 0 Å². The van der Waals surface area contributed by atoms with Gasteiger partial charge in [-0.1, -0.05) is 23.4 Å². The van der Waals surface area contributed by atoms with E-state index < -0.39 is 0 Å². The molecule has 0 aliphatic rings. The van der Waals surface area contributed by atoms with Crippen LogP contribution in [0.1, 0.15) is 29.3 Å². The molecule has 34 heavy (non-hydrogen) atoms. The van der Waals surface area contributed by atoms with Crippen LogP contribution in [0.25, 0.3) is 16.9 Å². The van der Waals surface area contributed by atoms with E-state index >= 15 is 0 Å². The molecule has 0 bridgehead atoms. The van der Waals surface area contributed by atoms with Gasteiger partial charge in [-0.3, -0.25) is 0 Å². The van der Waals surface area contributed by atoms with Crippen molar-refractivity contribution in [3.05, 3.63) is 107 Å². The summed E-state index contributed by atoms with van der Waals surface area (Å²) in [6.45, 7) is 4.20. The lowest BCUT2D eigenvalue weighted by molar-refractivity contribution is 0.130. The van der Waals surface area contributed by atoms with E-state index in [-0.39, 0.29) is 5.82 Å². The van der Waals surface area contributed by atoms with Crippen LogP contribution >= 0.6 is 0 Å². The van der Waals surface area contributed by atoms with E-state index in [4.69, 9.17) is 14.8 Å². The molecule has 5 nitrogen and oxygen atoms in total. The predicted octanol–water partition coefficient (Wildman–Crippen LogP) is 6.41. The summed E-state index contributed by atoms with van der Waals surface area (Å²) in [6.07, 6.45) is 0. The summed E-state index contributed by atoms with van der Waals surface area (Å²) in [5, 5.41) is 13.3. The van der Waals surface area contributed by atoms with Crippen LogP contribution in [0.3, 0.4) is 0 Å². The Labute approximate surface area is 198 Å². The van der Waals surface area contributed by atoms with Crippen LogP contribution < -0.4 is 4.74 Å². The van der Waals surface area contributed by atoms with E-state index in [0.29, 0.717) is 12.2 Å². The van der Waals surface area contributed by atoms with Crippen LogP contribution in [0.15, 0.2) is 84.0 Å². The Kier molecular flexibility index (Phi) is 6.74.